The number of para-hydroxylation sites is 1. The van der Waals surface area contributed by atoms with Crippen molar-refractivity contribution in [3.05, 3.63) is 40.3 Å². The Morgan fingerprint density at radius 1 is 1.14 bits per heavy atom. The van der Waals surface area contributed by atoms with Crippen LogP contribution in [-0.2, 0) is 16.0 Å². The molecule has 0 spiro atoms. The van der Waals surface area contributed by atoms with Crippen LogP contribution in [0.4, 0.5) is 5.13 Å². The smallest absolute Gasteiger partial charge is 0.229 e. The predicted molar refractivity (Wildman–Crippen MR) is 115 cm³/mol. The van der Waals surface area contributed by atoms with E-state index in [1.165, 1.54) is 16.0 Å². The highest BCUT2D eigenvalue weighted by Crippen LogP contribution is 2.36. The molecule has 6 nitrogen and oxygen atoms in total. The molecule has 3 aromatic rings. The monoisotopic (exact) mass is 426 g/mol. The van der Waals surface area contributed by atoms with Gasteiger partial charge < -0.3 is 4.90 Å². The molecule has 0 saturated carbocycles. The van der Waals surface area contributed by atoms with Crippen LogP contribution in [0.25, 0.3) is 10.2 Å². The Hall–Kier alpha value is -2.32. The molecule has 2 aromatic heterocycles. The topological polar surface area (TPSA) is 66.4 Å². The van der Waals surface area contributed by atoms with Crippen molar-refractivity contribution in [2.75, 3.05) is 18.0 Å². The van der Waals surface area contributed by atoms with Gasteiger partial charge in [-0.3, -0.25) is 14.5 Å². The van der Waals surface area contributed by atoms with Gasteiger partial charge in [-0.2, -0.15) is 0 Å². The first kappa shape index (κ1) is 18.7. The van der Waals surface area contributed by atoms with Gasteiger partial charge in [0.15, 0.2) is 5.13 Å². The Morgan fingerprint density at radius 2 is 2.03 bits per heavy atom. The molecule has 2 amide bonds. The van der Waals surface area contributed by atoms with E-state index in [-0.39, 0.29) is 24.3 Å². The van der Waals surface area contributed by atoms with Gasteiger partial charge in [0, 0.05) is 24.9 Å². The molecule has 2 saturated heterocycles. The molecule has 8 heteroatoms. The Kier molecular flexibility index (Phi) is 5.05. The van der Waals surface area contributed by atoms with Crippen LogP contribution in [0, 0.1) is 0 Å². The Balaban J connectivity index is 1.33. The number of aromatic nitrogens is 2. The lowest BCUT2D eigenvalue weighted by molar-refractivity contribution is -0.134. The Bertz CT molecular complexity index is 1030. The zero-order valence-electron chi connectivity index (χ0n) is 16.0. The van der Waals surface area contributed by atoms with Crippen molar-refractivity contribution in [2.45, 2.75) is 44.6 Å². The molecule has 4 heterocycles. The van der Waals surface area contributed by atoms with E-state index in [9.17, 15) is 9.59 Å². The van der Waals surface area contributed by atoms with Gasteiger partial charge in [0.25, 0.3) is 0 Å². The van der Waals surface area contributed by atoms with Gasteiger partial charge in [-0.1, -0.05) is 12.1 Å². The number of piperidine rings is 1. The minimum Gasteiger partial charge on any atom is -0.333 e. The van der Waals surface area contributed by atoms with Crippen LogP contribution < -0.4 is 4.90 Å². The highest BCUT2D eigenvalue weighted by Gasteiger charge is 2.31. The molecule has 2 fully saturated rings. The van der Waals surface area contributed by atoms with E-state index in [1.807, 2.05) is 28.5 Å². The number of fused-ring (bicyclic) bond motifs is 1. The average Bonchev–Trinajstić information content (AvgIpc) is 3.47. The van der Waals surface area contributed by atoms with Crippen molar-refractivity contribution >= 4 is 49.8 Å². The summed E-state index contributed by atoms with van der Waals surface area (Å²) in [6.07, 6.45) is 4.84. The summed E-state index contributed by atoms with van der Waals surface area (Å²) in [5, 5.41) is 3.66. The van der Waals surface area contributed by atoms with Crippen molar-refractivity contribution in [1.82, 2.24) is 14.9 Å². The Labute approximate surface area is 177 Å². The van der Waals surface area contributed by atoms with Gasteiger partial charge in [0.1, 0.15) is 5.01 Å². The fourth-order valence-electron chi connectivity index (χ4n) is 4.13. The van der Waals surface area contributed by atoms with Gasteiger partial charge in [0.2, 0.25) is 11.8 Å². The molecule has 1 atom stereocenters. The second-order valence-electron chi connectivity index (χ2n) is 7.57. The molecule has 0 bridgehead atoms. The summed E-state index contributed by atoms with van der Waals surface area (Å²) in [5.41, 5.74) is 1.76. The normalized spacial score (nSPS) is 20.0. The minimum absolute atomic E-state index is 0.0481. The lowest BCUT2D eigenvalue weighted by Crippen LogP contribution is -2.39. The summed E-state index contributed by atoms with van der Waals surface area (Å²) >= 11 is 3.14. The standard InChI is InChI=1S/C21H22N4O2S2/c26-18-9-5-11-25(18)21-22-14(13-28-21)12-19(27)24-10-4-3-7-16(24)20-23-15-6-1-2-8-17(15)29-20/h1-2,6,8,13,16H,3-5,7,9-12H2/t16-/m0/s1. The van der Waals surface area contributed by atoms with E-state index in [0.717, 1.165) is 60.1 Å². The van der Waals surface area contributed by atoms with Crippen molar-refractivity contribution in [3.63, 3.8) is 0 Å². The molecule has 1 aromatic carbocycles. The minimum atomic E-state index is 0.0481. The predicted octanol–water partition coefficient (Wildman–Crippen LogP) is 4.18. The van der Waals surface area contributed by atoms with E-state index in [2.05, 4.69) is 11.1 Å². The van der Waals surface area contributed by atoms with Gasteiger partial charge >= 0.3 is 0 Å². The zero-order chi connectivity index (χ0) is 19.8. The largest absolute Gasteiger partial charge is 0.333 e. The lowest BCUT2D eigenvalue weighted by Gasteiger charge is -2.34. The number of hydrogen-bond donors (Lipinski definition) is 0. The first-order valence-electron chi connectivity index (χ1n) is 10.1. The van der Waals surface area contributed by atoms with Crippen LogP contribution in [0.2, 0.25) is 0 Å². The molecular weight excluding hydrogens is 404 g/mol. The molecule has 0 radical (unpaired) electrons. The van der Waals surface area contributed by atoms with Crippen LogP contribution in [0.1, 0.15) is 48.8 Å². The van der Waals surface area contributed by atoms with Crippen molar-refractivity contribution in [2.24, 2.45) is 0 Å². The first-order chi connectivity index (χ1) is 14.2. The molecule has 2 aliphatic rings. The van der Waals surface area contributed by atoms with E-state index in [4.69, 9.17) is 4.98 Å². The van der Waals surface area contributed by atoms with Gasteiger partial charge in [-0.15, -0.1) is 22.7 Å². The van der Waals surface area contributed by atoms with Crippen molar-refractivity contribution in [3.8, 4) is 0 Å². The summed E-state index contributed by atoms with van der Waals surface area (Å²) in [6.45, 7) is 1.49. The summed E-state index contributed by atoms with van der Waals surface area (Å²) < 4.78 is 1.17. The number of hydrogen-bond acceptors (Lipinski definition) is 6. The third-order valence-electron chi connectivity index (χ3n) is 5.59. The number of rotatable bonds is 4. The SMILES string of the molecule is O=C1CCCN1c1nc(CC(=O)N2CCCC[C@H]2c2nc3ccccc3s2)cs1. The summed E-state index contributed by atoms with van der Waals surface area (Å²) in [7, 11) is 0. The van der Waals surface area contributed by atoms with Crippen LogP contribution in [0.3, 0.4) is 0 Å². The number of carbonyl (C=O) groups excluding carboxylic acids is 2. The molecule has 0 aliphatic carbocycles. The lowest BCUT2D eigenvalue weighted by atomic mass is 10.0. The highest BCUT2D eigenvalue weighted by molar-refractivity contribution is 7.18. The number of amides is 2. The summed E-state index contributed by atoms with van der Waals surface area (Å²) in [4.78, 5) is 38.2. The molecule has 5 rings (SSSR count). The molecule has 0 N–H and O–H groups in total. The number of thiazole rings is 2. The number of likely N-dealkylation sites (tertiary alicyclic amines) is 1. The maximum absolute atomic E-state index is 13.1. The molecule has 29 heavy (non-hydrogen) atoms. The fraction of sp³-hybridized carbons (Fsp3) is 0.429. The van der Waals surface area contributed by atoms with E-state index in [1.54, 1.807) is 16.2 Å². The summed E-state index contributed by atoms with van der Waals surface area (Å²) in [6, 6.07) is 8.19. The van der Waals surface area contributed by atoms with E-state index in [0.29, 0.717) is 6.42 Å². The number of benzene rings is 1. The molecule has 150 valence electrons. The highest BCUT2D eigenvalue weighted by atomic mass is 32.1. The van der Waals surface area contributed by atoms with Crippen LogP contribution in [0.5, 0.6) is 0 Å². The second kappa shape index (κ2) is 7.84. The third-order valence-corrected chi connectivity index (χ3v) is 7.64. The van der Waals surface area contributed by atoms with Crippen LogP contribution in [0.15, 0.2) is 29.6 Å². The van der Waals surface area contributed by atoms with Gasteiger partial charge in [0.05, 0.1) is 28.4 Å². The first-order valence-corrected chi connectivity index (χ1v) is 11.8. The zero-order valence-corrected chi connectivity index (χ0v) is 17.7. The number of nitrogens with zero attached hydrogens (tertiary/aromatic N) is 4. The Morgan fingerprint density at radius 3 is 2.86 bits per heavy atom. The maximum atomic E-state index is 13.1. The van der Waals surface area contributed by atoms with Gasteiger partial charge in [-0.05, 0) is 37.8 Å². The fourth-order valence-corrected chi connectivity index (χ4v) is 6.11. The number of carbonyl (C=O) groups is 2. The molecular formula is C21H22N4O2S2. The van der Waals surface area contributed by atoms with Crippen LogP contribution in [-0.4, -0.2) is 39.8 Å². The van der Waals surface area contributed by atoms with E-state index >= 15 is 0 Å². The van der Waals surface area contributed by atoms with E-state index < -0.39 is 0 Å². The third kappa shape index (κ3) is 3.67. The van der Waals surface area contributed by atoms with Crippen molar-refractivity contribution in [1.29, 1.82) is 0 Å². The second-order valence-corrected chi connectivity index (χ2v) is 9.46. The molecule has 2 aliphatic heterocycles. The summed E-state index contributed by atoms with van der Waals surface area (Å²) in [5.74, 6) is 0.225. The van der Waals surface area contributed by atoms with Crippen LogP contribution >= 0.6 is 22.7 Å². The maximum Gasteiger partial charge on any atom is 0.229 e. The average molecular weight is 427 g/mol. The van der Waals surface area contributed by atoms with Gasteiger partial charge in [-0.25, -0.2) is 9.97 Å². The number of anilines is 1. The molecule has 0 unspecified atom stereocenters. The van der Waals surface area contributed by atoms with Crippen molar-refractivity contribution < 1.29 is 9.59 Å². The quantitative estimate of drug-likeness (QED) is 0.628.